The molecule has 0 atom stereocenters. The Kier molecular flexibility index (Phi) is 5.86. The van der Waals surface area contributed by atoms with Gasteiger partial charge in [-0.05, 0) is 36.4 Å². The number of methoxy groups -OCH3 is 2. The van der Waals surface area contributed by atoms with Crippen molar-refractivity contribution in [2.75, 3.05) is 24.9 Å². The molecule has 7 nitrogen and oxygen atoms in total. The van der Waals surface area contributed by atoms with E-state index in [1.807, 2.05) is 0 Å². The molecule has 0 saturated carbocycles. The van der Waals surface area contributed by atoms with Crippen LogP contribution < -0.4 is 20.1 Å². The highest BCUT2D eigenvalue weighted by atomic mass is 16.5. The van der Waals surface area contributed by atoms with Gasteiger partial charge in [-0.2, -0.15) is 0 Å². The Balaban J connectivity index is 1.80. The van der Waals surface area contributed by atoms with Crippen LogP contribution in [0.2, 0.25) is 0 Å². The van der Waals surface area contributed by atoms with E-state index in [1.165, 1.54) is 26.6 Å². The molecule has 7 heteroatoms. The van der Waals surface area contributed by atoms with E-state index < -0.39 is 0 Å². The van der Waals surface area contributed by atoms with E-state index in [1.54, 1.807) is 54.6 Å². The third kappa shape index (κ3) is 4.27. The first-order chi connectivity index (χ1) is 13.6. The van der Waals surface area contributed by atoms with Gasteiger partial charge >= 0.3 is 0 Å². The molecule has 0 aliphatic carbocycles. The minimum Gasteiger partial charge on any atom is -0.493 e. The highest BCUT2D eigenvalue weighted by molar-refractivity contribution is 6.12. The lowest BCUT2D eigenvalue weighted by atomic mass is 10.1. The van der Waals surface area contributed by atoms with E-state index in [-0.39, 0.29) is 11.8 Å². The number of aromatic nitrogens is 1. The molecule has 0 saturated heterocycles. The van der Waals surface area contributed by atoms with E-state index in [2.05, 4.69) is 15.6 Å². The summed E-state index contributed by atoms with van der Waals surface area (Å²) in [6.07, 6.45) is 3.06. The molecular formula is C21H19N3O4. The lowest BCUT2D eigenvalue weighted by Gasteiger charge is -2.13. The first-order valence-corrected chi connectivity index (χ1v) is 8.46. The molecule has 0 aliphatic rings. The fraction of sp³-hybridized carbons (Fsp3) is 0.0952. The molecular weight excluding hydrogens is 358 g/mol. The number of carbonyl (C=O) groups is 2. The summed E-state index contributed by atoms with van der Waals surface area (Å²) in [5.41, 5.74) is 1.73. The second-order valence-corrected chi connectivity index (χ2v) is 5.76. The zero-order valence-corrected chi connectivity index (χ0v) is 15.4. The fourth-order valence-electron chi connectivity index (χ4n) is 2.60. The number of hydrogen-bond donors (Lipinski definition) is 2. The summed E-state index contributed by atoms with van der Waals surface area (Å²) >= 11 is 0. The Hall–Kier alpha value is -3.87. The summed E-state index contributed by atoms with van der Waals surface area (Å²) in [6, 6.07) is 15.0. The Bertz CT molecular complexity index is 990. The molecule has 0 spiro atoms. The molecule has 142 valence electrons. The second kappa shape index (κ2) is 8.68. The summed E-state index contributed by atoms with van der Waals surface area (Å²) < 4.78 is 10.4. The molecule has 2 aromatic carbocycles. The molecule has 3 rings (SSSR count). The number of anilines is 2. The van der Waals surface area contributed by atoms with Crippen LogP contribution in [-0.2, 0) is 0 Å². The number of nitrogens with zero attached hydrogens (tertiary/aromatic N) is 1. The van der Waals surface area contributed by atoms with Crippen LogP contribution in [0.3, 0.4) is 0 Å². The van der Waals surface area contributed by atoms with Crippen LogP contribution in [0, 0.1) is 0 Å². The fourth-order valence-corrected chi connectivity index (χ4v) is 2.60. The molecule has 0 unspecified atom stereocenters. The van der Waals surface area contributed by atoms with Crippen LogP contribution in [0.1, 0.15) is 20.7 Å². The molecule has 0 radical (unpaired) electrons. The lowest BCUT2D eigenvalue weighted by Crippen LogP contribution is -2.18. The van der Waals surface area contributed by atoms with Crippen LogP contribution in [0.15, 0.2) is 67.0 Å². The van der Waals surface area contributed by atoms with Gasteiger partial charge in [0.25, 0.3) is 11.8 Å². The van der Waals surface area contributed by atoms with Crippen molar-refractivity contribution in [2.24, 2.45) is 0 Å². The number of rotatable bonds is 6. The largest absolute Gasteiger partial charge is 0.493 e. The van der Waals surface area contributed by atoms with Crippen molar-refractivity contribution in [2.45, 2.75) is 0 Å². The van der Waals surface area contributed by atoms with E-state index in [0.29, 0.717) is 34.0 Å². The quantitative estimate of drug-likeness (QED) is 0.685. The normalized spacial score (nSPS) is 10.1. The van der Waals surface area contributed by atoms with Crippen molar-refractivity contribution in [3.05, 3.63) is 78.1 Å². The van der Waals surface area contributed by atoms with Crippen molar-refractivity contribution in [3.63, 3.8) is 0 Å². The number of amides is 2. The number of para-hydroxylation sites is 1. The van der Waals surface area contributed by atoms with Crippen LogP contribution >= 0.6 is 0 Å². The van der Waals surface area contributed by atoms with Gasteiger partial charge in [0.15, 0.2) is 11.5 Å². The molecule has 3 aromatic rings. The summed E-state index contributed by atoms with van der Waals surface area (Å²) in [6.45, 7) is 0. The van der Waals surface area contributed by atoms with Crippen LogP contribution in [0.25, 0.3) is 0 Å². The van der Waals surface area contributed by atoms with Crippen molar-refractivity contribution >= 4 is 23.2 Å². The highest BCUT2D eigenvalue weighted by Gasteiger charge is 2.15. The van der Waals surface area contributed by atoms with Gasteiger partial charge in [0.2, 0.25) is 0 Å². The van der Waals surface area contributed by atoms with Gasteiger partial charge in [-0.1, -0.05) is 12.1 Å². The monoisotopic (exact) mass is 377 g/mol. The number of nitrogens with one attached hydrogen (secondary N) is 2. The minimum atomic E-state index is -0.363. The van der Waals surface area contributed by atoms with Gasteiger partial charge in [-0.25, -0.2) is 0 Å². The predicted molar refractivity (Wildman–Crippen MR) is 106 cm³/mol. The van der Waals surface area contributed by atoms with Crippen LogP contribution in [0.5, 0.6) is 11.5 Å². The summed E-state index contributed by atoms with van der Waals surface area (Å²) in [4.78, 5) is 29.1. The number of pyridine rings is 1. The SMILES string of the molecule is COc1ccc(NC(=O)c2ccccc2NC(=O)c2ccncc2)cc1OC. The maximum Gasteiger partial charge on any atom is 0.257 e. The maximum absolute atomic E-state index is 12.8. The average Bonchev–Trinajstić information content (AvgIpc) is 2.74. The van der Waals surface area contributed by atoms with E-state index in [0.717, 1.165) is 0 Å². The first kappa shape index (κ1) is 18.9. The molecule has 28 heavy (non-hydrogen) atoms. The summed E-state index contributed by atoms with van der Waals surface area (Å²) in [7, 11) is 3.06. The third-order valence-corrected chi connectivity index (χ3v) is 4.00. The number of hydrogen-bond acceptors (Lipinski definition) is 5. The van der Waals surface area contributed by atoms with Crippen molar-refractivity contribution in [1.29, 1.82) is 0 Å². The Morgan fingerprint density at radius 1 is 0.821 bits per heavy atom. The number of ether oxygens (including phenoxy) is 2. The van der Waals surface area contributed by atoms with Crippen molar-refractivity contribution in [1.82, 2.24) is 4.98 Å². The van der Waals surface area contributed by atoms with E-state index >= 15 is 0 Å². The Morgan fingerprint density at radius 2 is 1.54 bits per heavy atom. The van der Waals surface area contributed by atoms with E-state index in [9.17, 15) is 9.59 Å². The molecule has 0 bridgehead atoms. The van der Waals surface area contributed by atoms with Gasteiger partial charge in [0, 0.05) is 29.7 Å². The van der Waals surface area contributed by atoms with Gasteiger partial charge in [0.1, 0.15) is 0 Å². The smallest absolute Gasteiger partial charge is 0.257 e. The molecule has 1 heterocycles. The highest BCUT2D eigenvalue weighted by Crippen LogP contribution is 2.30. The standard InChI is InChI=1S/C21H19N3O4/c1-27-18-8-7-15(13-19(18)28-2)23-21(26)16-5-3-4-6-17(16)24-20(25)14-9-11-22-12-10-14/h3-13H,1-2H3,(H,23,26)(H,24,25). The van der Waals surface area contributed by atoms with Gasteiger partial charge in [-0.3, -0.25) is 14.6 Å². The van der Waals surface area contributed by atoms with Crippen molar-refractivity contribution < 1.29 is 19.1 Å². The topological polar surface area (TPSA) is 89.6 Å². The maximum atomic E-state index is 12.8. The van der Waals surface area contributed by atoms with Crippen molar-refractivity contribution in [3.8, 4) is 11.5 Å². The van der Waals surface area contributed by atoms with Crippen LogP contribution in [-0.4, -0.2) is 31.0 Å². The first-order valence-electron chi connectivity index (χ1n) is 8.46. The molecule has 2 N–H and O–H groups in total. The number of benzene rings is 2. The Morgan fingerprint density at radius 3 is 2.25 bits per heavy atom. The molecule has 0 aliphatic heterocycles. The average molecular weight is 377 g/mol. The molecule has 0 fully saturated rings. The molecule has 2 amide bonds. The van der Waals surface area contributed by atoms with Gasteiger partial charge < -0.3 is 20.1 Å². The van der Waals surface area contributed by atoms with Crippen LogP contribution in [0.4, 0.5) is 11.4 Å². The summed E-state index contributed by atoms with van der Waals surface area (Å²) in [5, 5.41) is 5.56. The van der Waals surface area contributed by atoms with Gasteiger partial charge in [0.05, 0.1) is 25.5 Å². The second-order valence-electron chi connectivity index (χ2n) is 5.76. The Labute approximate surface area is 162 Å². The zero-order chi connectivity index (χ0) is 19.9. The molecule has 1 aromatic heterocycles. The number of carbonyl (C=O) groups excluding carboxylic acids is 2. The van der Waals surface area contributed by atoms with E-state index in [4.69, 9.17) is 9.47 Å². The lowest BCUT2D eigenvalue weighted by molar-refractivity contribution is 0.102. The van der Waals surface area contributed by atoms with Gasteiger partial charge in [-0.15, -0.1) is 0 Å². The third-order valence-electron chi connectivity index (χ3n) is 4.00. The minimum absolute atomic E-state index is 0.325. The predicted octanol–water partition coefficient (Wildman–Crippen LogP) is 3.60. The summed E-state index contributed by atoms with van der Waals surface area (Å²) in [5.74, 6) is 0.372. The zero-order valence-electron chi connectivity index (χ0n) is 15.4.